The lowest BCUT2D eigenvalue weighted by molar-refractivity contribution is -0.119. The number of thioether (sulfide) groups is 1. The molecule has 0 fully saturated rings. The van der Waals surface area contributed by atoms with Crippen LogP contribution in [0.5, 0.6) is 0 Å². The number of rotatable bonds is 7. The van der Waals surface area contributed by atoms with Crippen LogP contribution in [0.15, 0.2) is 47.4 Å². The summed E-state index contributed by atoms with van der Waals surface area (Å²) in [7, 11) is 0. The van der Waals surface area contributed by atoms with Crippen molar-refractivity contribution < 1.29 is 23.9 Å². The van der Waals surface area contributed by atoms with Crippen molar-refractivity contribution >= 4 is 46.9 Å². The van der Waals surface area contributed by atoms with Crippen LogP contribution in [0.4, 0.5) is 5.69 Å². The van der Waals surface area contributed by atoms with Gasteiger partial charge in [0.1, 0.15) is 0 Å². The summed E-state index contributed by atoms with van der Waals surface area (Å²) < 4.78 is 9.90. The van der Waals surface area contributed by atoms with Gasteiger partial charge >= 0.3 is 11.9 Å². The maximum Gasteiger partial charge on any atom is 0.340 e. The minimum atomic E-state index is -0.677. The number of hydrogen-bond donors (Lipinski definition) is 1. The first kappa shape index (κ1) is 20.8. The minimum Gasteiger partial charge on any atom is -0.462 e. The highest BCUT2D eigenvalue weighted by molar-refractivity contribution is 7.98. The molecule has 0 aromatic heterocycles. The zero-order chi connectivity index (χ0) is 19.8. The number of anilines is 1. The molecule has 1 N–H and O–H groups in total. The number of amides is 1. The van der Waals surface area contributed by atoms with E-state index in [2.05, 4.69) is 5.32 Å². The van der Waals surface area contributed by atoms with Gasteiger partial charge in [-0.1, -0.05) is 11.6 Å². The van der Waals surface area contributed by atoms with Crippen molar-refractivity contribution in [1.82, 2.24) is 0 Å². The van der Waals surface area contributed by atoms with Crippen LogP contribution in [0, 0.1) is 0 Å². The number of carbonyl (C=O) groups is 3. The lowest BCUT2D eigenvalue weighted by Gasteiger charge is -2.09. The fourth-order valence-electron chi connectivity index (χ4n) is 2.10. The molecule has 0 atom stereocenters. The van der Waals surface area contributed by atoms with Crippen LogP contribution in [-0.4, -0.2) is 37.3 Å². The fourth-order valence-corrected chi connectivity index (χ4v) is 2.73. The highest BCUT2D eigenvalue weighted by Gasteiger charge is 2.15. The van der Waals surface area contributed by atoms with Gasteiger partial charge in [-0.25, -0.2) is 9.59 Å². The Kier molecular flexibility index (Phi) is 7.69. The number of halogens is 1. The van der Waals surface area contributed by atoms with Gasteiger partial charge in [0.25, 0.3) is 5.91 Å². The number of carbonyl (C=O) groups excluding carboxylic acids is 3. The molecule has 8 heteroatoms. The summed E-state index contributed by atoms with van der Waals surface area (Å²) >= 11 is 7.47. The van der Waals surface area contributed by atoms with E-state index < -0.39 is 24.5 Å². The maximum atomic E-state index is 12.1. The molecule has 2 rings (SSSR count). The highest BCUT2D eigenvalue weighted by Crippen LogP contribution is 2.23. The van der Waals surface area contributed by atoms with E-state index in [1.807, 2.05) is 6.26 Å². The van der Waals surface area contributed by atoms with E-state index >= 15 is 0 Å². The van der Waals surface area contributed by atoms with Crippen LogP contribution in [-0.2, 0) is 14.3 Å². The van der Waals surface area contributed by atoms with Gasteiger partial charge in [0, 0.05) is 10.6 Å². The van der Waals surface area contributed by atoms with E-state index in [0.29, 0.717) is 11.3 Å². The van der Waals surface area contributed by atoms with Gasteiger partial charge in [0.15, 0.2) is 6.61 Å². The number of ether oxygens (including phenoxy) is 2. The number of nitrogens with one attached hydrogen (secondary N) is 1. The third kappa shape index (κ3) is 6.01. The molecule has 27 heavy (non-hydrogen) atoms. The van der Waals surface area contributed by atoms with Crippen molar-refractivity contribution in [2.75, 3.05) is 24.8 Å². The molecule has 0 heterocycles. The summed E-state index contributed by atoms with van der Waals surface area (Å²) in [5.74, 6) is -1.62. The molecule has 142 valence electrons. The predicted octanol–water partition coefficient (Wildman–Crippen LogP) is 4.03. The lowest BCUT2D eigenvalue weighted by atomic mass is 10.2. The molecular formula is C19H18ClNO5S. The Morgan fingerprint density at radius 1 is 1.04 bits per heavy atom. The Hall–Kier alpha value is -2.51. The second-order valence-corrected chi connectivity index (χ2v) is 6.55. The molecular weight excluding hydrogens is 390 g/mol. The highest BCUT2D eigenvalue weighted by atomic mass is 35.5. The molecule has 6 nitrogen and oxygen atoms in total. The van der Waals surface area contributed by atoms with Gasteiger partial charge in [-0.15, -0.1) is 11.8 Å². The molecule has 0 aliphatic rings. The standard InChI is InChI=1S/C19H18ClNO5S/c1-3-25-18(23)12-4-6-13(7-5-12)21-17(22)11-26-19(24)15-10-14(27-2)8-9-16(15)20/h4-10H,3,11H2,1-2H3,(H,21,22). The molecule has 0 bridgehead atoms. The Bertz CT molecular complexity index is 838. The second kappa shape index (κ2) is 9.99. The number of benzene rings is 2. The molecule has 0 saturated heterocycles. The summed E-state index contributed by atoms with van der Waals surface area (Å²) in [6.07, 6.45) is 1.87. The molecule has 1 amide bonds. The maximum absolute atomic E-state index is 12.1. The molecule has 2 aromatic rings. The van der Waals surface area contributed by atoms with E-state index in [-0.39, 0.29) is 17.2 Å². The lowest BCUT2D eigenvalue weighted by Crippen LogP contribution is -2.21. The normalized spacial score (nSPS) is 10.2. The first-order valence-corrected chi connectivity index (χ1v) is 9.62. The summed E-state index contributed by atoms with van der Waals surface area (Å²) in [5, 5.41) is 2.84. The van der Waals surface area contributed by atoms with Crippen LogP contribution < -0.4 is 5.32 Å². The number of esters is 2. The molecule has 0 saturated carbocycles. The first-order chi connectivity index (χ1) is 12.9. The van der Waals surface area contributed by atoms with Crippen LogP contribution in [0.1, 0.15) is 27.6 Å². The largest absolute Gasteiger partial charge is 0.462 e. The molecule has 2 aromatic carbocycles. The van der Waals surface area contributed by atoms with E-state index in [4.69, 9.17) is 21.1 Å². The van der Waals surface area contributed by atoms with Crippen LogP contribution in [0.25, 0.3) is 0 Å². The average Bonchev–Trinajstić information content (AvgIpc) is 2.67. The molecule has 0 aliphatic carbocycles. The number of hydrogen-bond acceptors (Lipinski definition) is 6. The molecule has 0 unspecified atom stereocenters. The molecule has 0 spiro atoms. The fraction of sp³-hybridized carbons (Fsp3) is 0.211. The Morgan fingerprint density at radius 2 is 1.74 bits per heavy atom. The average molecular weight is 408 g/mol. The van der Waals surface area contributed by atoms with E-state index in [1.54, 1.807) is 37.3 Å². The van der Waals surface area contributed by atoms with Crippen LogP contribution in [0.2, 0.25) is 5.02 Å². The SMILES string of the molecule is CCOC(=O)c1ccc(NC(=O)COC(=O)c2cc(SC)ccc2Cl)cc1. The third-order valence-corrected chi connectivity index (χ3v) is 4.46. The summed E-state index contributed by atoms with van der Waals surface area (Å²) in [4.78, 5) is 36.5. The molecule has 0 aliphatic heterocycles. The van der Waals surface area contributed by atoms with Crippen molar-refractivity contribution in [3.63, 3.8) is 0 Å². The van der Waals surface area contributed by atoms with E-state index in [0.717, 1.165) is 4.90 Å². The van der Waals surface area contributed by atoms with Gasteiger partial charge in [0.2, 0.25) is 0 Å². The van der Waals surface area contributed by atoms with E-state index in [9.17, 15) is 14.4 Å². The van der Waals surface area contributed by atoms with Gasteiger partial charge in [-0.3, -0.25) is 4.79 Å². The van der Waals surface area contributed by atoms with Gasteiger partial charge < -0.3 is 14.8 Å². The minimum absolute atomic E-state index is 0.204. The Morgan fingerprint density at radius 3 is 2.37 bits per heavy atom. The van der Waals surface area contributed by atoms with E-state index in [1.165, 1.54) is 23.9 Å². The zero-order valence-electron chi connectivity index (χ0n) is 14.8. The Balaban J connectivity index is 1.90. The zero-order valence-corrected chi connectivity index (χ0v) is 16.4. The van der Waals surface area contributed by atoms with Crippen molar-refractivity contribution in [3.05, 3.63) is 58.6 Å². The first-order valence-electron chi connectivity index (χ1n) is 8.02. The van der Waals surface area contributed by atoms with Crippen LogP contribution in [0.3, 0.4) is 0 Å². The topological polar surface area (TPSA) is 81.7 Å². The predicted molar refractivity (Wildman–Crippen MR) is 105 cm³/mol. The third-order valence-electron chi connectivity index (χ3n) is 3.41. The smallest absolute Gasteiger partial charge is 0.340 e. The van der Waals surface area contributed by atoms with Crippen molar-refractivity contribution in [1.29, 1.82) is 0 Å². The van der Waals surface area contributed by atoms with Crippen molar-refractivity contribution in [3.8, 4) is 0 Å². The summed E-state index contributed by atoms with van der Waals surface area (Å²) in [6, 6.07) is 11.2. The quantitative estimate of drug-likeness (QED) is 0.551. The van der Waals surface area contributed by atoms with Crippen molar-refractivity contribution in [2.24, 2.45) is 0 Å². The Labute approximate surface area is 166 Å². The second-order valence-electron chi connectivity index (χ2n) is 5.27. The van der Waals surface area contributed by atoms with Gasteiger partial charge in [-0.05, 0) is 55.6 Å². The summed E-state index contributed by atoms with van der Waals surface area (Å²) in [5.41, 5.74) is 1.05. The summed E-state index contributed by atoms with van der Waals surface area (Å²) in [6.45, 7) is 1.54. The van der Waals surface area contributed by atoms with Gasteiger partial charge in [0.05, 0.1) is 22.8 Å². The van der Waals surface area contributed by atoms with Gasteiger partial charge in [-0.2, -0.15) is 0 Å². The molecule has 0 radical (unpaired) electrons. The monoisotopic (exact) mass is 407 g/mol. The van der Waals surface area contributed by atoms with Crippen LogP contribution >= 0.6 is 23.4 Å². The van der Waals surface area contributed by atoms with Crippen molar-refractivity contribution in [2.45, 2.75) is 11.8 Å².